The average Bonchev–Trinajstić information content (AvgIpc) is 2.33. The Hall–Kier alpha value is -0.610. The van der Waals surface area contributed by atoms with Gasteiger partial charge in [-0.25, -0.2) is 0 Å². The number of likely N-dealkylation sites (tertiary alicyclic amines) is 1. The van der Waals surface area contributed by atoms with E-state index in [2.05, 4.69) is 4.90 Å². The number of halogens is 1. The lowest BCUT2D eigenvalue weighted by molar-refractivity contribution is 0.0977. The van der Waals surface area contributed by atoms with E-state index in [0.717, 1.165) is 31.5 Å². The molecule has 0 spiro atoms. The second kappa shape index (κ2) is 5.83. The molecule has 0 aliphatic carbocycles. The van der Waals surface area contributed by atoms with Crippen LogP contribution in [0.2, 0.25) is 5.02 Å². The van der Waals surface area contributed by atoms with Gasteiger partial charge in [0.25, 0.3) is 0 Å². The topological polar surface area (TPSA) is 49.5 Å². The highest BCUT2D eigenvalue weighted by Gasteiger charge is 2.19. The molecule has 1 aromatic carbocycles. The highest BCUT2D eigenvalue weighted by molar-refractivity contribution is 6.30. The monoisotopic (exact) mass is 254 g/mol. The SMILES string of the molecule is NC1CCN(C[C@H](O)c2ccc(Cl)cc2)CC1. The molecule has 94 valence electrons. The molecular formula is C13H19ClN2O. The predicted molar refractivity (Wildman–Crippen MR) is 70.1 cm³/mol. The number of hydrogen-bond donors (Lipinski definition) is 2. The molecule has 1 fully saturated rings. The summed E-state index contributed by atoms with van der Waals surface area (Å²) in [6.07, 6.45) is 1.60. The first-order chi connectivity index (χ1) is 8.15. The normalized spacial score (nSPS) is 20.4. The second-order valence-corrected chi connectivity index (χ2v) is 5.14. The molecule has 0 unspecified atom stereocenters. The van der Waals surface area contributed by atoms with Gasteiger partial charge in [-0.05, 0) is 43.6 Å². The van der Waals surface area contributed by atoms with Crippen LogP contribution in [0.15, 0.2) is 24.3 Å². The summed E-state index contributed by atoms with van der Waals surface area (Å²) in [5.74, 6) is 0. The van der Waals surface area contributed by atoms with Crippen molar-refractivity contribution in [3.05, 3.63) is 34.9 Å². The van der Waals surface area contributed by atoms with Crippen molar-refractivity contribution >= 4 is 11.6 Å². The van der Waals surface area contributed by atoms with Gasteiger partial charge in [0.2, 0.25) is 0 Å². The van der Waals surface area contributed by atoms with Crippen LogP contribution in [0.25, 0.3) is 0 Å². The quantitative estimate of drug-likeness (QED) is 0.865. The molecule has 4 heteroatoms. The fourth-order valence-electron chi connectivity index (χ4n) is 2.17. The van der Waals surface area contributed by atoms with E-state index in [1.165, 1.54) is 0 Å². The van der Waals surface area contributed by atoms with Crippen molar-refractivity contribution in [2.24, 2.45) is 5.73 Å². The van der Waals surface area contributed by atoms with Crippen molar-refractivity contribution < 1.29 is 5.11 Å². The summed E-state index contributed by atoms with van der Waals surface area (Å²) in [4.78, 5) is 2.27. The fraction of sp³-hybridized carbons (Fsp3) is 0.538. The molecule has 1 saturated heterocycles. The Kier molecular flexibility index (Phi) is 4.40. The third-order valence-corrected chi connectivity index (χ3v) is 3.57. The van der Waals surface area contributed by atoms with Crippen molar-refractivity contribution in [1.82, 2.24) is 4.90 Å². The number of β-amino-alcohol motifs (C(OH)–C–C–N with tert-alkyl or cyclic N) is 1. The molecular weight excluding hydrogens is 236 g/mol. The van der Waals surface area contributed by atoms with Gasteiger partial charge in [-0.1, -0.05) is 23.7 Å². The molecule has 1 heterocycles. The van der Waals surface area contributed by atoms with Gasteiger partial charge in [0.05, 0.1) is 6.10 Å². The molecule has 0 amide bonds. The summed E-state index contributed by atoms with van der Waals surface area (Å²) in [6.45, 7) is 2.63. The average molecular weight is 255 g/mol. The molecule has 0 bridgehead atoms. The summed E-state index contributed by atoms with van der Waals surface area (Å²) in [5, 5.41) is 10.8. The zero-order chi connectivity index (χ0) is 12.3. The van der Waals surface area contributed by atoms with Crippen molar-refractivity contribution in [2.45, 2.75) is 25.0 Å². The Labute approximate surface area is 107 Å². The van der Waals surface area contributed by atoms with E-state index in [9.17, 15) is 5.11 Å². The predicted octanol–water partition coefficient (Wildman–Crippen LogP) is 1.80. The summed E-state index contributed by atoms with van der Waals surface area (Å²) < 4.78 is 0. The number of piperidine rings is 1. The number of aliphatic hydroxyl groups excluding tert-OH is 1. The summed E-state index contributed by atoms with van der Waals surface area (Å²) in [6, 6.07) is 7.71. The molecule has 17 heavy (non-hydrogen) atoms. The van der Waals surface area contributed by atoms with Crippen LogP contribution in [-0.4, -0.2) is 35.7 Å². The number of nitrogens with two attached hydrogens (primary N) is 1. The van der Waals surface area contributed by atoms with Gasteiger partial charge >= 0.3 is 0 Å². The Morgan fingerprint density at radius 3 is 2.47 bits per heavy atom. The van der Waals surface area contributed by atoms with Crippen LogP contribution < -0.4 is 5.73 Å². The van der Waals surface area contributed by atoms with E-state index < -0.39 is 6.10 Å². The summed E-state index contributed by atoms with van der Waals surface area (Å²) >= 11 is 5.82. The first-order valence-electron chi connectivity index (χ1n) is 6.06. The number of nitrogens with zero attached hydrogens (tertiary/aromatic N) is 1. The highest BCUT2D eigenvalue weighted by Crippen LogP contribution is 2.19. The van der Waals surface area contributed by atoms with Crippen LogP contribution in [0, 0.1) is 0 Å². The first kappa shape index (κ1) is 12.8. The van der Waals surface area contributed by atoms with Gasteiger partial charge < -0.3 is 15.7 Å². The minimum absolute atomic E-state index is 0.332. The van der Waals surface area contributed by atoms with Crippen LogP contribution in [0.3, 0.4) is 0 Å². The van der Waals surface area contributed by atoms with Gasteiger partial charge in [0.15, 0.2) is 0 Å². The molecule has 0 aromatic heterocycles. The number of hydrogen-bond acceptors (Lipinski definition) is 3. The molecule has 0 radical (unpaired) electrons. The lowest BCUT2D eigenvalue weighted by atomic mass is 10.0. The maximum Gasteiger partial charge on any atom is 0.0916 e. The first-order valence-corrected chi connectivity index (χ1v) is 6.44. The van der Waals surface area contributed by atoms with E-state index in [0.29, 0.717) is 17.6 Å². The van der Waals surface area contributed by atoms with E-state index in [1.54, 1.807) is 0 Å². The van der Waals surface area contributed by atoms with Gasteiger partial charge in [0, 0.05) is 17.6 Å². The lowest BCUT2D eigenvalue weighted by Gasteiger charge is -2.31. The molecule has 3 nitrogen and oxygen atoms in total. The van der Waals surface area contributed by atoms with Crippen LogP contribution >= 0.6 is 11.6 Å². The molecule has 1 aliphatic rings. The molecule has 1 atom stereocenters. The maximum atomic E-state index is 10.1. The maximum absolute atomic E-state index is 10.1. The van der Waals surface area contributed by atoms with Crippen molar-refractivity contribution in [3.63, 3.8) is 0 Å². The smallest absolute Gasteiger partial charge is 0.0916 e. The minimum Gasteiger partial charge on any atom is -0.387 e. The number of benzene rings is 1. The molecule has 1 aromatic rings. The molecule has 3 N–H and O–H groups in total. The standard InChI is InChI=1S/C13H19ClN2O/c14-11-3-1-10(2-4-11)13(17)9-16-7-5-12(15)6-8-16/h1-4,12-13,17H,5-9,15H2/t13-/m0/s1. The zero-order valence-electron chi connectivity index (χ0n) is 9.85. The summed E-state index contributed by atoms with van der Waals surface area (Å²) in [5.41, 5.74) is 6.77. The minimum atomic E-state index is -0.443. The highest BCUT2D eigenvalue weighted by atomic mass is 35.5. The van der Waals surface area contributed by atoms with Crippen LogP contribution in [0.5, 0.6) is 0 Å². The fourth-order valence-corrected chi connectivity index (χ4v) is 2.30. The van der Waals surface area contributed by atoms with Crippen molar-refractivity contribution in [1.29, 1.82) is 0 Å². The van der Waals surface area contributed by atoms with Crippen LogP contribution in [-0.2, 0) is 0 Å². The van der Waals surface area contributed by atoms with E-state index in [-0.39, 0.29) is 0 Å². The Morgan fingerprint density at radius 1 is 1.29 bits per heavy atom. The summed E-state index contributed by atoms with van der Waals surface area (Å²) in [7, 11) is 0. The van der Waals surface area contributed by atoms with Gasteiger partial charge in [-0.15, -0.1) is 0 Å². The van der Waals surface area contributed by atoms with Crippen molar-refractivity contribution in [3.8, 4) is 0 Å². The number of aliphatic hydroxyl groups is 1. The van der Waals surface area contributed by atoms with Crippen LogP contribution in [0.4, 0.5) is 0 Å². The largest absolute Gasteiger partial charge is 0.387 e. The molecule has 0 saturated carbocycles. The van der Waals surface area contributed by atoms with Crippen molar-refractivity contribution in [2.75, 3.05) is 19.6 Å². The van der Waals surface area contributed by atoms with Gasteiger partial charge in [-0.3, -0.25) is 0 Å². The molecule has 1 aliphatic heterocycles. The second-order valence-electron chi connectivity index (χ2n) is 4.71. The molecule has 2 rings (SSSR count). The van der Waals surface area contributed by atoms with E-state index in [4.69, 9.17) is 17.3 Å². The van der Waals surface area contributed by atoms with Gasteiger partial charge in [0.1, 0.15) is 0 Å². The Morgan fingerprint density at radius 2 is 1.88 bits per heavy atom. The Bertz CT molecular complexity index is 347. The zero-order valence-corrected chi connectivity index (χ0v) is 10.6. The Balaban J connectivity index is 1.88. The number of rotatable bonds is 3. The van der Waals surface area contributed by atoms with E-state index in [1.807, 2.05) is 24.3 Å². The third kappa shape index (κ3) is 3.68. The van der Waals surface area contributed by atoms with Gasteiger partial charge in [-0.2, -0.15) is 0 Å². The lowest BCUT2D eigenvalue weighted by Crippen LogP contribution is -2.41. The van der Waals surface area contributed by atoms with Crippen LogP contribution in [0.1, 0.15) is 24.5 Å². The van der Waals surface area contributed by atoms with E-state index >= 15 is 0 Å². The third-order valence-electron chi connectivity index (χ3n) is 3.32.